The maximum atomic E-state index is 12.1. The number of benzene rings is 1. The standard InChI is InChI=1S/C16H21N3O2/c1-11-15(12(2)19(3)18-11)8-9-17-16(20)13-6-5-7-14(10-13)21-4/h5-7,10H,8-9H2,1-4H3,(H,17,20). The van der Waals surface area contributed by atoms with Gasteiger partial charge in [-0.25, -0.2) is 0 Å². The lowest BCUT2D eigenvalue weighted by molar-refractivity contribution is 0.0953. The molecule has 112 valence electrons. The van der Waals surface area contributed by atoms with E-state index < -0.39 is 0 Å². The molecule has 1 heterocycles. The van der Waals surface area contributed by atoms with Gasteiger partial charge in [0.25, 0.3) is 5.91 Å². The summed E-state index contributed by atoms with van der Waals surface area (Å²) in [6.07, 6.45) is 0.779. The molecule has 0 aliphatic carbocycles. The van der Waals surface area contributed by atoms with Crippen LogP contribution in [-0.4, -0.2) is 29.3 Å². The molecule has 1 amide bonds. The number of nitrogens with one attached hydrogen (secondary N) is 1. The molecule has 2 rings (SSSR count). The van der Waals surface area contributed by atoms with Gasteiger partial charge in [-0.1, -0.05) is 6.07 Å². The van der Waals surface area contributed by atoms with Crippen LogP contribution in [0, 0.1) is 13.8 Å². The Morgan fingerprint density at radius 2 is 2.14 bits per heavy atom. The molecule has 1 aromatic carbocycles. The van der Waals surface area contributed by atoms with Crippen LogP contribution in [0.4, 0.5) is 0 Å². The highest BCUT2D eigenvalue weighted by molar-refractivity contribution is 5.94. The Labute approximate surface area is 124 Å². The van der Waals surface area contributed by atoms with Crippen LogP contribution in [0.5, 0.6) is 5.75 Å². The summed E-state index contributed by atoms with van der Waals surface area (Å²) in [6.45, 7) is 4.62. The largest absolute Gasteiger partial charge is 0.497 e. The van der Waals surface area contributed by atoms with Crippen molar-refractivity contribution in [1.29, 1.82) is 0 Å². The van der Waals surface area contributed by atoms with Crippen molar-refractivity contribution in [2.45, 2.75) is 20.3 Å². The minimum atomic E-state index is -0.0897. The number of nitrogens with zero attached hydrogens (tertiary/aromatic N) is 2. The molecular weight excluding hydrogens is 266 g/mol. The van der Waals surface area contributed by atoms with Crippen molar-refractivity contribution in [3.63, 3.8) is 0 Å². The number of carbonyl (C=O) groups is 1. The Kier molecular flexibility index (Phi) is 4.62. The summed E-state index contributed by atoms with van der Waals surface area (Å²) in [5.41, 5.74) is 3.96. The molecule has 5 heteroatoms. The lowest BCUT2D eigenvalue weighted by atomic mass is 10.1. The van der Waals surface area contributed by atoms with Crippen LogP contribution >= 0.6 is 0 Å². The quantitative estimate of drug-likeness (QED) is 0.915. The second-order valence-electron chi connectivity index (χ2n) is 5.01. The van der Waals surface area contributed by atoms with Crippen molar-refractivity contribution in [1.82, 2.24) is 15.1 Å². The average Bonchev–Trinajstić information content (AvgIpc) is 2.73. The fourth-order valence-electron chi connectivity index (χ4n) is 2.35. The van der Waals surface area contributed by atoms with E-state index in [2.05, 4.69) is 10.4 Å². The predicted octanol–water partition coefficient (Wildman–Crippen LogP) is 2.02. The van der Waals surface area contributed by atoms with E-state index in [4.69, 9.17) is 4.74 Å². The highest BCUT2D eigenvalue weighted by Crippen LogP contribution is 2.13. The number of carbonyl (C=O) groups excluding carboxylic acids is 1. The molecule has 5 nitrogen and oxygen atoms in total. The first-order chi connectivity index (χ1) is 10.0. The first-order valence-corrected chi connectivity index (χ1v) is 6.94. The van der Waals surface area contributed by atoms with Gasteiger partial charge in [0.1, 0.15) is 5.75 Å². The van der Waals surface area contributed by atoms with E-state index in [9.17, 15) is 4.79 Å². The van der Waals surface area contributed by atoms with Crippen molar-refractivity contribution < 1.29 is 9.53 Å². The van der Waals surface area contributed by atoms with Gasteiger partial charge in [-0.3, -0.25) is 9.48 Å². The molecule has 1 N–H and O–H groups in total. The van der Waals surface area contributed by atoms with Crippen LogP contribution < -0.4 is 10.1 Å². The second kappa shape index (κ2) is 6.43. The third-order valence-corrected chi connectivity index (χ3v) is 3.65. The molecule has 21 heavy (non-hydrogen) atoms. The molecule has 0 unspecified atom stereocenters. The SMILES string of the molecule is COc1cccc(C(=O)NCCc2c(C)nn(C)c2C)c1. The van der Waals surface area contributed by atoms with Crippen LogP contribution in [0.25, 0.3) is 0 Å². The number of amides is 1. The summed E-state index contributed by atoms with van der Waals surface area (Å²) in [4.78, 5) is 12.1. The zero-order chi connectivity index (χ0) is 15.4. The van der Waals surface area contributed by atoms with Crippen molar-refractivity contribution in [2.24, 2.45) is 7.05 Å². The number of aryl methyl sites for hydroxylation is 2. The molecule has 0 saturated heterocycles. The molecule has 0 atom stereocenters. The lowest BCUT2D eigenvalue weighted by Crippen LogP contribution is -2.25. The normalized spacial score (nSPS) is 10.5. The molecule has 0 aliphatic heterocycles. The maximum absolute atomic E-state index is 12.1. The van der Waals surface area contributed by atoms with E-state index in [1.54, 1.807) is 19.2 Å². The molecule has 0 radical (unpaired) electrons. The van der Waals surface area contributed by atoms with Crippen molar-refractivity contribution in [3.05, 3.63) is 46.8 Å². The van der Waals surface area contributed by atoms with E-state index in [-0.39, 0.29) is 5.91 Å². The number of aromatic nitrogens is 2. The summed E-state index contributed by atoms with van der Waals surface area (Å²) < 4.78 is 6.99. The van der Waals surface area contributed by atoms with Crippen LogP contribution in [0.15, 0.2) is 24.3 Å². The number of ether oxygens (including phenoxy) is 1. The van der Waals surface area contributed by atoms with Crippen LogP contribution in [0.1, 0.15) is 27.3 Å². The van der Waals surface area contributed by atoms with Gasteiger partial charge in [0.2, 0.25) is 0 Å². The minimum absolute atomic E-state index is 0.0897. The van der Waals surface area contributed by atoms with E-state index in [1.807, 2.05) is 37.7 Å². The van der Waals surface area contributed by atoms with Crippen LogP contribution in [-0.2, 0) is 13.5 Å². The third-order valence-electron chi connectivity index (χ3n) is 3.65. The second-order valence-corrected chi connectivity index (χ2v) is 5.01. The fourth-order valence-corrected chi connectivity index (χ4v) is 2.35. The van der Waals surface area contributed by atoms with E-state index in [0.29, 0.717) is 17.9 Å². The lowest BCUT2D eigenvalue weighted by Gasteiger charge is -2.07. The van der Waals surface area contributed by atoms with Gasteiger partial charge in [-0.15, -0.1) is 0 Å². The molecular formula is C16H21N3O2. The van der Waals surface area contributed by atoms with Gasteiger partial charge in [0.15, 0.2) is 0 Å². The Balaban J connectivity index is 1.95. The molecule has 1 aromatic heterocycles. The molecule has 0 spiro atoms. The summed E-state index contributed by atoms with van der Waals surface area (Å²) in [5.74, 6) is 0.592. The van der Waals surface area contributed by atoms with Crippen molar-refractivity contribution in [3.8, 4) is 5.75 Å². The Bertz CT molecular complexity index is 647. The predicted molar refractivity (Wildman–Crippen MR) is 81.7 cm³/mol. The molecule has 0 bridgehead atoms. The van der Waals surface area contributed by atoms with E-state index in [0.717, 1.165) is 17.8 Å². The third kappa shape index (κ3) is 3.42. The van der Waals surface area contributed by atoms with Crippen LogP contribution in [0.3, 0.4) is 0 Å². The summed E-state index contributed by atoms with van der Waals surface area (Å²) in [5, 5.41) is 7.31. The first kappa shape index (κ1) is 15.1. The fraction of sp³-hybridized carbons (Fsp3) is 0.375. The van der Waals surface area contributed by atoms with Crippen molar-refractivity contribution in [2.75, 3.05) is 13.7 Å². The van der Waals surface area contributed by atoms with Gasteiger partial charge in [-0.2, -0.15) is 5.10 Å². The number of hydrogen-bond acceptors (Lipinski definition) is 3. The molecule has 0 fully saturated rings. The number of rotatable bonds is 5. The van der Waals surface area contributed by atoms with Crippen molar-refractivity contribution >= 4 is 5.91 Å². The van der Waals surface area contributed by atoms with Gasteiger partial charge >= 0.3 is 0 Å². The zero-order valence-electron chi connectivity index (χ0n) is 12.9. The minimum Gasteiger partial charge on any atom is -0.497 e. The molecule has 0 saturated carbocycles. The molecule has 2 aromatic rings. The highest BCUT2D eigenvalue weighted by atomic mass is 16.5. The van der Waals surface area contributed by atoms with Gasteiger partial charge in [0, 0.05) is 24.8 Å². The summed E-state index contributed by atoms with van der Waals surface area (Å²) >= 11 is 0. The smallest absolute Gasteiger partial charge is 0.251 e. The monoisotopic (exact) mass is 287 g/mol. The van der Waals surface area contributed by atoms with E-state index in [1.165, 1.54) is 5.56 Å². The van der Waals surface area contributed by atoms with E-state index >= 15 is 0 Å². The maximum Gasteiger partial charge on any atom is 0.251 e. The van der Waals surface area contributed by atoms with Crippen LogP contribution in [0.2, 0.25) is 0 Å². The Morgan fingerprint density at radius 3 is 2.76 bits per heavy atom. The first-order valence-electron chi connectivity index (χ1n) is 6.94. The summed E-state index contributed by atoms with van der Waals surface area (Å²) in [7, 11) is 3.52. The molecule has 0 aliphatic rings. The highest BCUT2D eigenvalue weighted by Gasteiger charge is 2.10. The zero-order valence-corrected chi connectivity index (χ0v) is 12.9. The number of methoxy groups -OCH3 is 1. The number of hydrogen-bond donors (Lipinski definition) is 1. The Hall–Kier alpha value is -2.30. The topological polar surface area (TPSA) is 56.1 Å². The average molecular weight is 287 g/mol. The Morgan fingerprint density at radius 1 is 1.38 bits per heavy atom. The summed E-state index contributed by atoms with van der Waals surface area (Å²) in [6, 6.07) is 7.14. The van der Waals surface area contributed by atoms with Gasteiger partial charge in [-0.05, 0) is 44.0 Å². The van der Waals surface area contributed by atoms with Gasteiger partial charge < -0.3 is 10.1 Å². The van der Waals surface area contributed by atoms with Gasteiger partial charge in [0.05, 0.1) is 12.8 Å².